The van der Waals surface area contributed by atoms with Crippen molar-refractivity contribution >= 4 is 28.3 Å². The smallest absolute Gasteiger partial charge is 0.128 e. The molecule has 0 saturated carbocycles. The molecular formula is C18H20ClN3O2. The summed E-state index contributed by atoms with van der Waals surface area (Å²) in [5, 5.41) is 23.6. The first-order valence-corrected chi connectivity index (χ1v) is 8.54. The Morgan fingerprint density at radius 3 is 2.88 bits per heavy atom. The van der Waals surface area contributed by atoms with Gasteiger partial charge < -0.3 is 15.2 Å². The first kappa shape index (κ1) is 17.0. The summed E-state index contributed by atoms with van der Waals surface area (Å²) in [6, 6.07) is 9.43. The molecule has 3 rings (SSSR count). The molecule has 0 radical (unpaired) electrons. The van der Waals surface area contributed by atoms with Crippen LogP contribution in [0.25, 0.3) is 10.9 Å². The lowest BCUT2D eigenvalue weighted by atomic mass is 9.90. The van der Waals surface area contributed by atoms with E-state index < -0.39 is 0 Å². The van der Waals surface area contributed by atoms with Crippen molar-refractivity contribution in [1.29, 1.82) is 5.26 Å². The minimum atomic E-state index is 0.114. The number of fused-ring (bicyclic) bond motifs is 1. The Hall–Kier alpha value is -1.87. The van der Waals surface area contributed by atoms with E-state index in [0.717, 1.165) is 37.0 Å². The molecule has 2 N–H and O–H groups in total. The van der Waals surface area contributed by atoms with Crippen LogP contribution >= 0.6 is 11.6 Å². The zero-order valence-corrected chi connectivity index (χ0v) is 14.1. The molecular weight excluding hydrogens is 326 g/mol. The summed E-state index contributed by atoms with van der Waals surface area (Å²) in [6.07, 6.45) is 2.57. The maximum atomic E-state index is 9.43. The maximum absolute atomic E-state index is 9.43. The van der Waals surface area contributed by atoms with Crippen LogP contribution in [-0.2, 0) is 4.74 Å². The molecule has 1 aliphatic heterocycles. The van der Waals surface area contributed by atoms with Crippen molar-refractivity contribution in [3.05, 3.63) is 34.9 Å². The van der Waals surface area contributed by atoms with Crippen molar-refractivity contribution in [2.45, 2.75) is 25.3 Å². The van der Waals surface area contributed by atoms with E-state index >= 15 is 0 Å². The summed E-state index contributed by atoms with van der Waals surface area (Å²) >= 11 is 6.02. The molecule has 0 spiro atoms. The van der Waals surface area contributed by atoms with Crippen LogP contribution in [0.2, 0.25) is 5.02 Å². The number of nitriles is 1. The molecule has 1 aliphatic rings. The highest BCUT2D eigenvalue weighted by molar-refractivity contribution is 6.31. The van der Waals surface area contributed by atoms with Crippen LogP contribution < -0.4 is 5.32 Å². The number of hydrogen-bond donors (Lipinski definition) is 2. The Bertz CT molecular complexity index is 754. The van der Waals surface area contributed by atoms with Gasteiger partial charge in [0, 0.05) is 36.3 Å². The summed E-state index contributed by atoms with van der Waals surface area (Å²) in [5.41, 5.74) is 1.27. The standard InChI is InChI=1S/C18H20ClN3O2/c19-14-1-2-17-15(10-14)13(11-20)9-18(22-17)21-16(3-6-23)12-4-7-24-8-5-12/h1-2,9-10,12,16,23H,3-8H2,(H,21,22). The Morgan fingerprint density at radius 2 is 2.17 bits per heavy atom. The fourth-order valence-electron chi connectivity index (χ4n) is 3.24. The third kappa shape index (κ3) is 3.78. The zero-order valence-electron chi connectivity index (χ0n) is 13.3. The second-order valence-electron chi connectivity index (χ2n) is 6.04. The van der Waals surface area contributed by atoms with Gasteiger partial charge in [-0.05, 0) is 49.4 Å². The van der Waals surface area contributed by atoms with Gasteiger partial charge in [0.05, 0.1) is 17.1 Å². The number of halogens is 1. The largest absolute Gasteiger partial charge is 0.396 e. The predicted octanol–water partition coefficient (Wildman–Crippen LogP) is 3.35. The van der Waals surface area contributed by atoms with Gasteiger partial charge in [-0.1, -0.05) is 11.6 Å². The summed E-state index contributed by atoms with van der Waals surface area (Å²) in [6.45, 7) is 1.62. The molecule has 1 atom stereocenters. The Kier molecular flexibility index (Phi) is 5.52. The number of hydrogen-bond acceptors (Lipinski definition) is 5. The molecule has 2 aromatic rings. The topological polar surface area (TPSA) is 78.2 Å². The van der Waals surface area contributed by atoms with Gasteiger partial charge in [0.25, 0.3) is 0 Å². The van der Waals surface area contributed by atoms with Crippen molar-refractivity contribution in [1.82, 2.24) is 4.98 Å². The molecule has 24 heavy (non-hydrogen) atoms. The Balaban J connectivity index is 1.89. The minimum absolute atomic E-state index is 0.114. The third-order valence-electron chi connectivity index (χ3n) is 4.50. The molecule has 0 aliphatic carbocycles. The quantitative estimate of drug-likeness (QED) is 0.868. The molecule has 126 valence electrons. The first-order chi connectivity index (χ1) is 11.7. The fraction of sp³-hybridized carbons (Fsp3) is 0.444. The van der Waals surface area contributed by atoms with Gasteiger partial charge >= 0.3 is 0 Å². The second-order valence-corrected chi connectivity index (χ2v) is 6.48. The van der Waals surface area contributed by atoms with Crippen molar-refractivity contribution in [3.8, 4) is 6.07 Å². The normalized spacial score (nSPS) is 16.7. The van der Waals surface area contributed by atoms with E-state index in [1.807, 2.05) is 6.07 Å². The van der Waals surface area contributed by atoms with Crippen LogP contribution in [0, 0.1) is 17.2 Å². The van der Waals surface area contributed by atoms with Crippen LogP contribution in [0.4, 0.5) is 5.82 Å². The van der Waals surface area contributed by atoms with Gasteiger partial charge in [-0.25, -0.2) is 4.98 Å². The molecule has 0 amide bonds. The lowest BCUT2D eigenvalue weighted by Gasteiger charge is -2.31. The van der Waals surface area contributed by atoms with Crippen molar-refractivity contribution in [2.75, 3.05) is 25.1 Å². The molecule has 1 saturated heterocycles. The predicted molar refractivity (Wildman–Crippen MR) is 94.1 cm³/mol. The lowest BCUT2D eigenvalue weighted by Crippen LogP contribution is -2.34. The maximum Gasteiger partial charge on any atom is 0.128 e. The number of aliphatic hydroxyl groups excluding tert-OH is 1. The number of pyridine rings is 1. The van der Waals surface area contributed by atoms with E-state index in [9.17, 15) is 10.4 Å². The van der Waals surface area contributed by atoms with Crippen LogP contribution in [0.5, 0.6) is 0 Å². The average molecular weight is 346 g/mol. The molecule has 2 heterocycles. The summed E-state index contributed by atoms with van der Waals surface area (Å²) in [4.78, 5) is 4.61. The van der Waals surface area contributed by atoms with E-state index in [-0.39, 0.29) is 12.6 Å². The number of rotatable bonds is 5. The van der Waals surface area contributed by atoms with Crippen molar-refractivity contribution < 1.29 is 9.84 Å². The van der Waals surface area contributed by atoms with Crippen molar-refractivity contribution in [3.63, 3.8) is 0 Å². The van der Waals surface area contributed by atoms with Gasteiger partial charge in [-0.15, -0.1) is 0 Å². The van der Waals surface area contributed by atoms with Crippen LogP contribution in [0.1, 0.15) is 24.8 Å². The number of nitrogens with zero attached hydrogens (tertiary/aromatic N) is 2. The van der Waals surface area contributed by atoms with Crippen LogP contribution in [-0.4, -0.2) is 36.0 Å². The van der Waals surface area contributed by atoms with E-state index in [0.29, 0.717) is 28.7 Å². The lowest BCUT2D eigenvalue weighted by molar-refractivity contribution is 0.0577. The number of ether oxygens (including phenoxy) is 1. The number of benzene rings is 1. The molecule has 1 aromatic carbocycles. The third-order valence-corrected chi connectivity index (χ3v) is 4.73. The van der Waals surface area contributed by atoms with Gasteiger partial charge in [0.15, 0.2) is 0 Å². The van der Waals surface area contributed by atoms with E-state index in [4.69, 9.17) is 16.3 Å². The summed E-state index contributed by atoms with van der Waals surface area (Å²) < 4.78 is 5.42. The summed E-state index contributed by atoms with van der Waals surface area (Å²) in [5.74, 6) is 1.09. The molecule has 1 aromatic heterocycles. The molecule has 6 heteroatoms. The van der Waals surface area contributed by atoms with Gasteiger partial charge in [0.1, 0.15) is 5.82 Å². The highest BCUT2D eigenvalue weighted by Crippen LogP contribution is 2.27. The molecule has 1 fully saturated rings. The van der Waals surface area contributed by atoms with Crippen LogP contribution in [0.15, 0.2) is 24.3 Å². The monoisotopic (exact) mass is 345 g/mol. The van der Waals surface area contributed by atoms with E-state index in [1.54, 1.807) is 18.2 Å². The van der Waals surface area contributed by atoms with Gasteiger partial charge in [-0.2, -0.15) is 5.26 Å². The first-order valence-electron chi connectivity index (χ1n) is 8.17. The molecule has 1 unspecified atom stereocenters. The number of aromatic nitrogens is 1. The SMILES string of the molecule is N#Cc1cc(NC(CCO)C2CCOCC2)nc2ccc(Cl)cc12. The zero-order chi connectivity index (χ0) is 16.9. The van der Waals surface area contributed by atoms with E-state index in [1.165, 1.54) is 0 Å². The highest BCUT2D eigenvalue weighted by atomic mass is 35.5. The number of aliphatic hydroxyl groups is 1. The highest BCUT2D eigenvalue weighted by Gasteiger charge is 2.24. The fourth-order valence-corrected chi connectivity index (χ4v) is 3.41. The molecule has 0 bridgehead atoms. The minimum Gasteiger partial charge on any atom is -0.396 e. The number of nitrogens with one attached hydrogen (secondary N) is 1. The summed E-state index contributed by atoms with van der Waals surface area (Å²) in [7, 11) is 0. The van der Waals surface area contributed by atoms with E-state index in [2.05, 4.69) is 16.4 Å². The van der Waals surface area contributed by atoms with Crippen LogP contribution in [0.3, 0.4) is 0 Å². The average Bonchev–Trinajstić information content (AvgIpc) is 2.61. The Morgan fingerprint density at radius 1 is 1.38 bits per heavy atom. The molecule has 5 nitrogen and oxygen atoms in total. The van der Waals surface area contributed by atoms with Gasteiger partial charge in [-0.3, -0.25) is 0 Å². The van der Waals surface area contributed by atoms with Crippen molar-refractivity contribution in [2.24, 2.45) is 5.92 Å². The second kappa shape index (κ2) is 7.80. The Labute approximate surface area is 146 Å². The van der Waals surface area contributed by atoms with Gasteiger partial charge in [0.2, 0.25) is 0 Å². The number of anilines is 1.